The average molecular weight is 309 g/mol. The lowest BCUT2D eigenvalue weighted by atomic mass is 10.6. The van der Waals surface area contributed by atoms with Crippen molar-refractivity contribution in [3.63, 3.8) is 0 Å². The Labute approximate surface area is 114 Å². The molecular weight excluding hydrogens is 296 g/mol. The summed E-state index contributed by atoms with van der Waals surface area (Å²) < 4.78 is 28.3. The summed E-state index contributed by atoms with van der Waals surface area (Å²) in [5.41, 5.74) is 0. The Morgan fingerprint density at radius 1 is 1.56 bits per heavy atom. The lowest BCUT2D eigenvalue weighted by Gasteiger charge is -2.10. The fraction of sp³-hybridized carbons (Fsp3) is 0.444. The maximum Gasteiger partial charge on any atom is 0.259 e. The van der Waals surface area contributed by atoms with E-state index < -0.39 is 10.0 Å². The van der Waals surface area contributed by atoms with Crippen molar-refractivity contribution < 1.29 is 8.42 Å². The molecule has 0 spiro atoms. The van der Waals surface area contributed by atoms with E-state index >= 15 is 0 Å². The monoisotopic (exact) mass is 308 g/mol. The van der Waals surface area contributed by atoms with Gasteiger partial charge in [-0.1, -0.05) is 11.6 Å². The van der Waals surface area contributed by atoms with Crippen LogP contribution in [-0.2, 0) is 10.0 Å². The van der Waals surface area contributed by atoms with Crippen LogP contribution in [0.2, 0.25) is 5.15 Å². The van der Waals surface area contributed by atoms with Gasteiger partial charge in [-0.15, -0.1) is 11.3 Å². The van der Waals surface area contributed by atoms with Gasteiger partial charge in [0.05, 0.1) is 0 Å². The Bertz CT molecular complexity index is 647. The number of imidazole rings is 1. The van der Waals surface area contributed by atoms with Gasteiger partial charge in [0, 0.05) is 24.7 Å². The van der Waals surface area contributed by atoms with Crippen molar-refractivity contribution in [2.75, 3.05) is 27.2 Å². The van der Waals surface area contributed by atoms with E-state index in [4.69, 9.17) is 11.6 Å². The van der Waals surface area contributed by atoms with Crippen LogP contribution in [0, 0.1) is 0 Å². The molecule has 18 heavy (non-hydrogen) atoms. The molecule has 0 fully saturated rings. The van der Waals surface area contributed by atoms with E-state index in [9.17, 15) is 8.42 Å². The third-order valence-electron chi connectivity index (χ3n) is 2.28. The van der Waals surface area contributed by atoms with Crippen LogP contribution in [0.15, 0.2) is 16.6 Å². The highest BCUT2D eigenvalue weighted by atomic mass is 35.5. The summed E-state index contributed by atoms with van der Waals surface area (Å²) in [6, 6.07) is 0. The van der Waals surface area contributed by atoms with Crippen LogP contribution in [0.5, 0.6) is 0 Å². The van der Waals surface area contributed by atoms with Gasteiger partial charge in [-0.3, -0.25) is 4.40 Å². The number of thiazole rings is 1. The highest BCUT2D eigenvalue weighted by Crippen LogP contribution is 2.24. The van der Waals surface area contributed by atoms with Crippen molar-refractivity contribution in [2.24, 2.45) is 0 Å². The summed E-state index contributed by atoms with van der Waals surface area (Å²) in [5.74, 6) is 0. The Hall–Kier alpha value is -0.670. The van der Waals surface area contributed by atoms with Gasteiger partial charge in [0.25, 0.3) is 10.0 Å². The molecule has 2 heterocycles. The molecule has 100 valence electrons. The highest BCUT2D eigenvalue weighted by molar-refractivity contribution is 7.89. The maximum atomic E-state index is 12.1. The Morgan fingerprint density at radius 2 is 2.28 bits per heavy atom. The lowest BCUT2D eigenvalue weighted by Crippen LogP contribution is -2.32. The van der Waals surface area contributed by atoms with Crippen LogP contribution in [0.3, 0.4) is 0 Å². The predicted octanol–water partition coefficient (Wildman–Crippen LogP) is 0.889. The molecule has 0 unspecified atom stereocenters. The maximum absolute atomic E-state index is 12.1. The molecule has 6 nitrogen and oxygen atoms in total. The molecule has 9 heteroatoms. The quantitative estimate of drug-likeness (QED) is 0.891. The lowest BCUT2D eigenvalue weighted by molar-refractivity contribution is 0.412. The van der Waals surface area contributed by atoms with E-state index in [0.29, 0.717) is 18.1 Å². The third-order valence-corrected chi connectivity index (χ3v) is 4.90. The van der Waals surface area contributed by atoms with Gasteiger partial charge in [0.2, 0.25) is 0 Å². The molecule has 0 saturated carbocycles. The standard InChI is InChI=1S/C9H13ClN4O2S2/c1-13(2)4-3-11-18(15,16)8-7(10)12-9-14(8)5-6-17-9/h5-6,11H,3-4H2,1-2H3. The Kier molecular flexibility index (Phi) is 3.93. The minimum absolute atomic E-state index is 0.000738. The zero-order valence-corrected chi connectivity index (χ0v) is 12.3. The summed E-state index contributed by atoms with van der Waals surface area (Å²) in [7, 11) is 0.103. The van der Waals surface area contributed by atoms with E-state index in [0.717, 1.165) is 0 Å². The molecule has 0 radical (unpaired) electrons. The Morgan fingerprint density at radius 3 is 2.94 bits per heavy atom. The second kappa shape index (κ2) is 5.14. The number of hydrogen-bond acceptors (Lipinski definition) is 5. The molecule has 0 bridgehead atoms. The summed E-state index contributed by atoms with van der Waals surface area (Å²) >= 11 is 7.21. The van der Waals surface area contributed by atoms with Crippen LogP contribution >= 0.6 is 22.9 Å². The van der Waals surface area contributed by atoms with Crippen LogP contribution in [-0.4, -0.2) is 49.9 Å². The molecule has 0 saturated heterocycles. The Balaban J connectivity index is 2.29. The molecule has 0 aliphatic carbocycles. The van der Waals surface area contributed by atoms with Gasteiger partial charge >= 0.3 is 0 Å². The van der Waals surface area contributed by atoms with Gasteiger partial charge in [0.1, 0.15) is 0 Å². The number of rotatable bonds is 5. The van der Waals surface area contributed by atoms with Crippen LogP contribution in [0.1, 0.15) is 0 Å². The molecule has 2 rings (SSSR count). The summed E-state index contributed by atoms with van der Waals surface area (Å²) in [6.07, 6.45) is 1.64. The first kappa shape index (κ1) is 13.8. The first-order valence-corrected chi connectivity index (χ1v) is 7.91. The summed E-state index contributed by atoms with van der Waals surface area (Å²) in [5, 5.41) is 1.76. The number of sulfonamides is 1. The SMILES string of the molecule is CN(C)CCNS(=O)(=O)c1c(Cl)nc2sccn12. The third kappa shape index (κ3) is 2.67. The van der Waals surface area contributed by atoms with Crippen molar-refractivity contribution in [3.8, 4) is 0 Å². The number of hydrogen-bond donors (Lipinski definition) is 1. The topological polar surface area (TPSA) is 66.7 Å². The molecule has 0 aliphatic rings. The summed E-state index contributed by atoms with van der Waals surface area (Å²) in [6.45, 7) is 0.936. The minimum atomic E-state index is -3.64. The van der Waals surface area contributed by atoms with Crippen molar-refractivity contribution in [1.29, 1.82) is 0 Å². The molecule has 0 aromatic carbocycles. The van der Waals surface area contributed by atoms with Gasteiger partial charge in [-0.2, -0.15) is 0 Å². The van der Waals surface area contributed by atoms with Crippen molar-refractivity contribution >= 4 is 37.9 Å². The molecular formula is C9H13ClN4O2S2. The van der Waals surface area contributed by atoms with E-state index in [-0.39, 0.29) is 10.2 Å². The molecule has 0 amide bonds. The molecule has 2 aromatic heterocycles. The van der Waals surface area contributed by atoms with Crippen LogP contribution in [0.25, 0.3) is 4.96 Å². The number of nitrogens with one attached hydrogen (secondary N) is 1. The number of nitrogens with zero attached hydrogens (tertiary/aromatic N) is 3. The number of likely N-dealkylation sites (N-methyl/N-ethyl adjacent to an activating group) is 1. The molecule has 1 N–H and O–H groups in total. The minimum Gasteiger partial charge on any atom is -0.308 e. The normalized spacial score (nSPS) is 12.7. The predicted molar refractivity (Wildman–Crippen MR) is 71.8 cm³/mol. The zero-order valence-electron chi connectivity index (χ0n) is 9.92. The number of halogens is 1. The van der Waals surface area contributed by atoms with Crippen LogP contribution in [0.4, 0.5) is 0 Å². The van der Waals surface area contributed by atoms with E-state index in [1.54, 1.807) is 11.6 Å². The van der Waals surface area contributed by atoms with E-state index in [2.05, 4.69) is 9.71 Å². The fourth-order valence-corrected chi connectivity index (χ4v) is 3.92. The number of aromatic nitrogens is 2. The van der Waals surface area contributed by atoms with Gasteiger partial charge in [-0.05, 0) is 14.1 Å². The van der Waals surface area contributed by atoms with Gasteiger partial charge < -0.3 is 4.90 Å². The van der Waals surface area contributed by atoms with Gasteiger partial charge in [-0.25, -0.2) is 18.1 Å². The molecule has 0 atom stereocenters. The first-order valence-electron chi connectivity index (χ1n) is 5.17. The summed E-state index contributed by atoms with van der Waals surface area (Å²) in [4.78, 5) is 6.45. The van der Waals surface area contributed by atoms with Gasteiger partial charge in [0.15, 0.2) is 15.1 Å². The van der Waals surface area contributed by atoms with Crippen molar-refractivity contribution in [1.82, 2.24) is 19.0 Å². The zero-order chi connectivity index (χ0) is 13.3. The van der Waals surface area contributed by atoms with E-state index in [1.807, 2.05) is 19.0 Å². The largest absolute Gasteiger partial charge is 0.308 e. The average Bonchev–Trinajstić information content (AvgIpc) is 2.74. The van der Waals surface area contributed by atoms with Crippen molar-refractivity contribution in [2.45, 2.75) is 5.03 Å². The fourth-order valence-electron chi connectivity index (χ4n) is 1.45. The number of fused-ring (bicyclic) bond motifs is 1. The first-order chi connectivity index (χ1) is 8.42. The second-order valence-electron chi connectivity index (χ2n) is 3.96. The van der Waals surface area contributed by atoms with E-state index in [1.165, 1.54) is 15.7 Å². The van der Waals surface area contributed by atoms with Crippen LogP contribution < -0.4 is 4.72 Å². The smallest absolute Gasteiger partial charge is 0.259 e. The molecule has 2 aromatic rings. The molecule has 0 aliphatic heterocycles. The second-order valence-corrected chi connectivity index (χ2v) is 6.88. The van der Waals surface area contributed by atoms with Crippen molar-refractivity contribution in [3.05, 3.63) is 16.7 Å². The highest BCUT2D eigenvalue weighted by Gasteiger charge is 2.24.